The summed E-state index contributed by atoms with van der Waals surface area (Å²) >= 11 is 0. The molecule has 0 saturated carbocycles. The Hall–Kier alpha value is -1.51. The maximum Gasteiger partial charge on any atom is 0.490 e. The number of amides is 1. The predicted octanol–water partition coefficient (Wildman–Crippen LogP) is 2.19. The first kappa shape index (κ1) is 39.7. The van der Waals surface area contributed by atoms with E-state index in [9.17, 15) is 37.9 Å². The minimum Gasteiger partial charge on any atom is -0.364 e. The van der Waals surface area contributed by atoms with E-state index in [1.165, 1.54) is 34.7 Å². The van der Waals surface area contributed by atoms with Crippen LogP contribution in [0.4, 0.5) is 0 Å². The van der Waals surface area contributed by atoms with Gasteiger partial charge in [0.15, 0.2) is 0 Å². The van der Waals surface area contributed by atoms with Crippen molar-refractivity contribution in [2.45, 2.75) is 63.2 Å². The Morgan fingerprint density at radius 3 is 2.58 bits per heavy atom. The Morgan fingerprint density at radius 2 is 1.93 bits per heavy atom. The summed E-state index contributed by atoms with van der Waals surface area (Å²) in [5.41, 5.74) is 7.04. The van der Waals surface area contributed by atoms with Gasteiger partial charge in [0.1, 0.15) is 18.3 Å². The molecule has 0 spiro atoms. The molecule has 1 aromatic heterocycles. The Balaban J connectivity index is 2.03. The number of carbonyl (C=O) groups is 1. The number of azide groups is 1. The lowest BCUT2D eigenvalue weighted by Crippen LogP contribution is -2.35. The van der Waals surface area contributed by atoms with Crippen LogP contribution in [-0.2, 0) is 41.1 Å². The Kier molecular flexibility index (Phi) is 15.0. The van der Waals surface area contributed by atoms with Gasteiger partial charge >= 0.3 is 29.2 Å². The molecule has 5 atom stereocenters. The van der Waals surface area contributed by atoms with E-state index in [1.807, 2.05) is 13.8 Å². The summed E-state index contributed by atoms with van der Waals surface area (Å²) in [5, 5.41) is 6.16. The zero-order chi connectivity index (χ0) is 34.1. The first-order valence-corrected chi connectivity index (χ1v) is 19.5. The van der Waals surface area contributed by atoms with E-state index in [-0.39, 0.29) is 36.8 Å². The average molecular weight is 743 g/mol. The molecule has 1 saturated heterocycles. The highest BCUT2D eigenvalue weighted by molar-refractivity contribution is 8.77. The van der Waals surface area contributed by atoms with Crippen molar-refractivity contribution in [1.29, 1.82) is 0 Å². The van der Waals surface area contributed by atoms with Gasteiger partial charge in [-0.3, -0.25) is 23.7 Å². The lowest BCUT2D eigenvalue weighted by atomic mass is 10.2. The summed E-state index contributed by atoms with van der Waals surface area (Å²) in [6.45, 7) is 4.88. The number of aryl methyl sites for hydroxylation is 1. The lowest BCUT2D eigenvalue weighted by Gasteiger charge is -2.24. The second kappa shape index (κ2) is 17.1. The van der Waals surface area contributed by atoms with E-state index in [4.69, 9.17) is 29.3 Å². The molecule has 1 aromatic rings. The highest BCUT2D eigenvalue weighted by atomic mass is 33.1. The third-order valence-electron chi connectivity index (χ3n) is 5.51. The van der Waals surface area contributed by atoms with E-state index < -0.39 is 64.5 Å². The summed E-state index contributed by atoms with van der Waals surface area (Å²) in [4.78, 5) is 77.5. The molecule has 6 N–H and O–H groups in total. The monoisotopic (exact) mass is 742 g/mol. The maximum atomic E-state index is 12.4. The summed E-state index contributed by atoms with van der Waals surface area (Å²) in [5.74, 6) is -0.195. The molecule has 1 aliphatic heterocycles. The molecule has 45 heavy (non-hydrogen) atoms. The van der Waals surface area contributed by atoms with Crippen LogP contribution in [0.3, 0.4) is 0 Å². The van der Waals surface area contributed by atoms with E-state index in [0.717, 1.165) is 4.57 Å². The first-order chi connectivity index (χ1) is 20.7. The molecule has 0 aromatic carbocycles. The van der Waals surface area contributed by atoms with Crippen molar-refractivity contribution in [3.8, 4) is 0 Å². The van der Waals surface area contributed by atoms with Crippen LogP contribution in [0.15, 0.2) is 20.9 Å². The van der Waals surface area contributed by atoms with Crippen LogP contribution in [0, 0.1) is 6.92 Å². The summed E-state index contributed by atoms with van der Waals surface area (Å²) in [7, 11) is -14.2. The molecule has 256 valence electrons. The van der Waals surface area contributed by atoms with Gasteiger partial charge in [0.05, 0.1) is 12.7 Å². The summed E-state index contributed by atoms with van der Waals surface area (Å²) < 4.78 is 59.1. The number of aromatic amines is 1. The summed E-state index contributed by atoms with van der Waals surface area (Å²) in [6, 6.07) is 0. The van der Waals surface area contributed by atoms with Gasteiger partial charge < -0.3 is 34.4 Å². The van der Waals surface area contributed by atoms with E-state index in [2.05, 4.69) is 28.9 Å². The van der Waals surface area contributed by atoms with Crippen LogP contribution in [-0.4, -0.2) is 77.6 Å². The standard InChI is InChI=1S/C19H33N6O15P3S2/c1-12-8-25(18(28)23-17(12)27)16-7-13(14(38-16)9-37-42(32,33)40-43(34,35)39-41(29,30)31)36-11-44-45-19(2,3)10-21-15(26)5-4-6-22-24-20/h8,13-14,16H,4-7,9-11H2,1-3H3,(H,21,26)(H,32,33)(H,34,35)(H,23,27,28)(H2,29,30,31)/t13?,14-,16-/m1/s1. The highest BCUT2D eigenvalue weighted by Crippen LogP contribution is 2.66. The van der Waals surface area contributed by atoms with Gasteiger partial charge in [-0.25, -0.2) is 18.5 Å². The van der Waals surface area contributed by atoms with E-state index in [1.54, 1.807) is 0 Å². The number of carbonyl (C=O) groups excluding carboxylic acids is 1. The molecular formula is C19H33N6O15P3S2. The molecule has 0 bridgehead atoms. The number of nitrogens with one attached hydrogen (secondary N) is 2. The van der Waals surface area contributed by atoms with Crippen LogP contribution >= 0.6 is 45.1 Å². The molecule has 3 unspecified atom stereocenters. The topological polar surface area (TPSA) is 311 Å². The van der Waals surface area contributed by atoms with E-state index in [0.29, 0.717) is 13.0 Å². The quantitative estimate of drug-likeness (QED) is 0.0225. The number of nitrogens with zero attached hydrogens (tertiary/aromatic N) is 4. The van der Waals surface area contributed by atoms with Crippen LogP contribution in [0.1, 0.15) is 44.9 Å². The number of phosphoric acid groups is 3. The van der Waals surface area contributed by atoms with Crippen molar-refractivity contribution in [3.63, 3.8) is 0 Å². The van der Waals surface area contributed by atoms with Gasteiger partial charge in [0.2, 0.25) is 5.91 Å². The lowest BCUT2D eigenvalue weighted by molar-refractivity contribution is -0.121. The van der Waals surface area contributed by atoms with Crippen LogP contribution < -0.4 is 16.6 Å². The van der Waals surface area contributed by atoms with Gasteiger partial charge in [0.25, 0.3) is 5.56 Å². The first-order valence-electron chi connectivity index (χ1n) is 12.7. The van der Waals surface area contributed by atoms with Crippen molar-refractivity contribution in [1.82, 2.24) is 14.9 Å². The Labute approximate surface area is 263 Å². The SMILES string of the molecule is Cc1cn([C@H]2CC(OCSSC(C)(C)CNC(=O)CCCN=[N+]=[N-])[C@@H](COP(=O)(O)OP(=O)(O)OP(=O)(O)O)O2)c(=O)[nH]c1=O. The number of phosphoric ester groups is 1. The van der Waals surface area contributed by atoms with E-state index >= 15 is 0 Å². The number of hydrogen-bond acceptors (Lipinski definition) is 14. The Morgan fingerprint density at radius 1 is 1.24 bits per heavy atom. The molecule has 2 heterocycles. The smallest absolute Gasteiger partial charge is 0.364 e. The largest absolute Gasteiger partial charge is 0.490 e. The highest BCUT2D eigenvalue weighted by Gasteiger charge is 2.43. The number of rotatable bonds is 19. The second-order valence-electron chi connectivity index (χ2n) is 9.85. The molecule has 26 heteroatoms. The van der Waals surface area contributed by atoms with Gasteiger partial charge in [0, 0.05) is 47.4 Å². The minimum absolute atomic E-state index is 0.0141. The molecular weight excluding hydrogens is 709 g/mol. The maximum absolute atomic E-state index is 12.4. The number of hydrogen-bond donors (Lipinski definition) is 6. The summed E-state index contributed by atoms with van der Waals surface area (Å²) in [6.07, 6.45) is -1.32. The van der Waals surface area contributed by atoms with Gasteiger partial charge in [-0.05, 0) is 32.7 Å². The van der Waals surface area contributed by atoms with Crippen molar-refractivity contribution in [2.24, 2.45) is 5.11 Å². The molecule has 2 rings (SSSR count). The zero-order valence-electron chi connectivity index (χ0n) is 24.0. The average Bonchev–Trinajstić information content (AvgIpc) is 3.29. The fraction of sp³-hybridized carbons (Fsp3) is 0.737. The van der Waals surface area contributed by atoms with Crippen LogP contribution in [0.5, 0.6) is 0 Å². The molecule has 1 amide bonds. The second-order valence-corrected chi connectivity index (χ2v) is 17.2. The van der Waals surface area contributed by atoms with Crippen LogP contribution in [0.25, 0.3) is 10.4 Å². The molecule has 21 nitrogen and oxygen atoms in total. The van der Waals surface area contributed by atoms with Crippen molar-refractivity contribution in [3.05, 3.63) is 43.0 Å². The molecule has 1 aliphatic rings. The normalized spacial score (nSPS) is 21.4. The van der Waals surface area contributed by atoms with Gasteiger partial charge in [-0.2, -0.15) is 8.62 Å². The van der Waals surface area contributed by atoms with Crippen molar-refractivity contribution < 1.29 is 60.7 Å². The fourth-order valence-electron chi connectivity index (χ4n) is 3.55. The predicted molar refractivity (Wildman–Crippen MR) is 160 cm³/mol. The van der Waals surface area contributed by atoms with Gasteiger partial charge in [-0.15, -0.1) is 0 Å². The molecule has 0 aliphatic carbocycles. The van der Waals surface area contributed by atoms with Crippen LogP contribution in [0.2, 0.25) is 0 Å². The van der Waals surface area contributed by atoms with Crippen molar-refractivity contribution >= 4 is 51.0 Å². The number of H-pyrrole nitrogens is 1. The third kappa shape index (κ3) is 14.9. The number of aromatic nitrogens is 2. The zero-order valence-corrected chi connectivity index (χ0v) is 28.3. The fourth-order valence-corrected chi connectivity index (χ4v) is 8.75. The van der Waals surface area contributed by atoms with Crippen molar-refractivity contribution in [2.75, 3.05) is 25.6 Å². The molecule has 0 radical (unpaired) electrons. The number of ether oxygens (including phenoxy) is 2. The third-order valence-corrected chi connectivity index (χ3v) is 12.2. The van der Waals surface area contributed by atoms with Gasteiger partial charge in [-0.1, -0.05) is 26.7 Å². The Bertz CT molecular complexity index is 1500. The molecule has 1 fully saturated rings. The minimum atomic E-state index is -5.75.